The normalized spacial score (nSPS) is 17.6. The average molecular weight is 315 g/mol. The van der Waals surface area contributed by atoms with Crippen molar-refractivity contribution in [1.29, 1.82) is 0 Å². The van der Waals surface area contributed by atoms with Gasteiger partial charge >= 0.3 is 12.3 Å². The second-order valence-electron chi connectivity index (χ2n) is 4.65. The summed E-state index contributed by atoms with van der Waals surface area (Å²) in [5.41, 5.74) is 0.00284. The van der Waals surface area contributed by atoms with Crippen LogP contribution in [-0.2, 0) is 4.79 Å². The molecule has 2 rings (SSSR count). The molecule has 1 fully saturated rings. The van der Waals surface area contributed by atoms with Gasteiger partial charge in [0.05, 0.1) is 0 Å². The van der Waals surface area contributed by atoms with Crippen molar-refractivity contribution in [2.45, 2.75) is 18.8 Å². The van der Waals surface area contributed by atoms with Crippen LogP contribution in [0, 0.1) is 0 Å². The summed E-state index contributed by atoms with van der Waals surface area (Å²) in [7, 11) is 0. The van der Waals surface area contributed by atoms with Gasteiger partial charge in [0.2, 0.25) is 0 Å². The van der Waals surface area contributed by atoms with Crippen LogP contribution in [0.2, 0.25) is 0 Å². The van der Waals surface area contributed by atoms with E-state index in [9.17, 15) is 22.8 Å². The highest BCUT2D eigenvalue weighted by atomic mass is 19.4. The quantitative estimate of drug-likeness (QED) is 0.927. The van der Waals surface area contributed by atoms with Crippen LogP contribution >= 0.6 is 0 Å². The van der Waals surface area contributed by atoms with E-state index in [2.05, 4.69) is 11.3 Å². The van der Waals surface area contributed by atoms with E-state index in [-0.39, 0.29) is 17.7 Å². The Balaban J connectivity index is 2.28. The van der Waals surface area contributed by atoms with Crippen molar-refractivity contribution in [1.82, 2.24) is 4.90 Å². The van der Waals surface area contributed by atoms with Gasteiger partial charge in [0.15, 0.2) is 0 Å². The molecule has 0 aromatic heterocycles. The van der Waals surface area contributed by atoms with Crippen molar-refractivity contribution < 1.29 is 32.6 Å². The van der Waals surface area contributed by atoms with Crippen LogP contribution < -0.4 is 4.74 Å². The molecule has 8 heteroatoms. The standard InChI is InChI=1S/C14H12F3NO4/c1-2-8-3-4-9(7-11(8)22-14(15,16)17)12(19)18-6-5-10(18)13(20)21/h2-4,7,10H,1,5-6H2,(H,20,21)/t10-/m1/s1. The van der Waals surface area contributed by atoms with Gasteiger partial charge in [-0.25, -0.2) is 4.79 Å². The molecule has 0 unspecified atom stereocenters. The van der Waals surface area contributed by atoms with Crippen LogP contribution in [-0.4, -0.2) is 40.8 Å². The van der Waals surface area contributed by atoms with Crippen molar-refractivity contribution in [3.63, 3.8) is 0 Å². The smallest absolute Gasteiger partial charge is 0.480 e. The predicted molar refractivity (Wildman–Crippen MR) is 70.3 cm³/mol. The number of carbonyl (C=O) groups is 2. The number of alkyl halides is 3. The molecule has 0 bridgehead atoms. The Hall–Kier alpha value is -2.51. The molecule has 1 heterocycles. The van der Waals surface area contributed by atoms with Crippen LogP contribution in [0.4, 0.5) is 13.2 Å². The van der Waals surface area contributed by atoms with Gasteiger partial charge in [-0.3, -0.25) is 4.79 Å². The Morgan fingerprint density at radius 2 is 2.09 bits per heavy atom. The first-order valence-electron chi connectivity index (χ1n) is 6.29. The number of carboxylic acid groups (broad SMARTS) is 1. The van der Waals surface area contributed by atoms with Gasteiger partial charge < -0.3 is 14.7 Å². The maximum absolute atomic E-state index is 12.4. The van der Waals surface area contributed by atoms with E-state index >= 15 is 0 Å². The zero-order valence-corrected chi connectivity index (χ0v) is 11.3. The number of likely N-dealkylation sites (tertiary alicyclic amines) is 1. The fourth-order valence-corrected chi connectivity index (χ4v) is 2.10. The number of benzene rings is 1. The summed E-state index contributed by atoms with van der Waals surface area (Å²) in [6, 6.07) is 2.55. The largest absolute Gasteiger partial charge is 0.573 e. The van der Waals surface area contributed by atoms with Gasteiger partial charge in [-0.05, 0) is 18.6 Å². The Kier molecular flexibility index (Phi) is 4.11. The maximum Gasteiger partial charge on any atom is 0.573 e. The number of amides is 1. The molecule has 0 radical (unpaired) electrons. The van der Waals surface area contributed by atoms with Crippen LogP contribution in [0.25, 0.3) is 6.08 Å². The van der Waals surface area contributed by atoms with E-state index in [0.29, 0.717) is 6.42 Å². The Morgan fingerprint density at radius 1 is 1.41 bits per heavy atom. The first-order chi connectivity index (χ1) is 10.2. The lowest BCUT2D eigenvalue weighted by atomic mass is 10.0. The lowest BCUT2D eigenvalue weighted by Gasteiger charge is -2.38. The highest BCUT2D eigenvalue weighted by Gasteiger charge is 2.38. The van der Waals surface area contributed by atoms with Gasteiger partial charge in [-0.1, -0.05) is 18.7 Å². The molecule has 1 N–H and O–H groups in total. The molecular weight excluding hydrogens is 303 g/mol. The third-order valence-corrected chi connectivity index (χ3v) is 3.27. The van der Waals surface area contributed by atoms with Gasteiger partial charge in [-0.2, -0.15) is 0 Å². The summed E-state index contributed by atoms with van der Waals surface area (Å²) in [6.45, 7) is 3.62. The minimum absolute atomic E-state index is 0.0733. The van der Waals surface area contributed by atoms with E-state index in [1.807, 2.05) is 0 Å². The molecule has 5 nitrogen and oxygen atoms in total. The summed E-state index contributed by atoms with van der Waals surface area (Å²) in [5.74, 6) is -2.35. The number of halogens is 3. The molecule has 0 saturated carbocycles. The van der Waals surface area contributed by atoms with Crippen LogP contribution in [0.5, 0.6) is 5.75 Å². The summed E-state index contributed by atoms with van der Waals surface area (Å²) < 4.78 is 41.0. The monoisotopic (exact) mass is 315 g/mol. The van der Waals surface area contributed by atoms with Crippen molar-refractivity contribution in [2.24, 2.45) is 0 Å². The second-order valence-corrected chi connectivity index (χ2v) is 4.65. The first-order valence-corrected chi connectivity index (χ1v) is 6.29. The Labute approximate surface area is 123 Å². The zero-order chi connectivity index (χ0) is 16.5. The van der Waals surface area contributed by atoms with Gasteiger partial charge in [0, 0.05) is 17.7 Å². The first kappa shape index (κ1) is 15.9. The lowest BCUT2D eigenvalue weighted by molar-refractivity contribution is -0.274. The SMILES string of the molecule is C=Cc1ccc(C(=O)N2CC[C@@H]2C(=O)O)cc1OC(F)(F)F. The number of ether oxygens (including phenoxy) is 1. The van der Waals surface area contributed by atoms with Crippen molar-refractivity contribution in [3.05, 3.63) is 35.9 Å². The fourth-order valence-electron chi connectivity index (χ4n) is 2.10. The average Bonchev–Trinajstić information content (AvgIpc) is 2.34. The molecule has 22 heavy (non-hydrogen) atoms. The van der Waals surface area contributed by atoms with Crippen LogP contribution in [0.1, 0.15) is 22.3 Å². The molecule has 1 aliphatic heterocycles. The molecule has 1 amide bonds. The summed E-state index contributed by atoms with van der Waals surface area (Å²) in [5, 5.41) is 8.91. The second kappa shape index (κ2) is 5.70. The summed E-state index contributed by atoms with van der Waals surface area (Å²) in [6.07, 6.45) is -3.42. The van der Waals surface area contributed by atoms with E-state index < -0.39 is 30.0 Å². The molecule has 1 saturated heterocycles. The molecule has 1 atom stereocenters. The van der Waals surface area contributed by atoms with E-state index in [4.69, 9.17) is 5.11 Å². The van der Waals surface area contributed by atoms with Gasteiger partial charge in [0.1, 0.15) is 11.8 Å². The number of carbonyl (C=O) groups excluding carboxylic acids is 1. The topological polar surface area (TPSA) is 66.8 Å². The fraction of sp³-hybridized carbons (Fsp3) is 0.286. The van der Waals surface area contributed by atoms with Crippen molar-refractivity contribution >= 4 is 18.0 Å². The highest BCUT2D eigenvalue weighted by Crippen LogP contribution is 2.30. The number of nitrogens with zero attached hydrogens (tertiary/aromatic N) is 1. The molecule has 1 aromatic carbocycles. The van der Waals surface area contributed by atoms with Crippen molar-refractivity contribution in [2.75, 3.05) is 6.54 Å². The minimum atomic E-state index is -4.90. The van der Waals surface area contributed by atoms with Crippen molar-refractivity contribution in [3.8, 4) is 5.75 Å². The molecule has 1 aromatic rings. The molecule has 118 valence electrons. The third-order valence-electron chi connectivity index (χ3n) is 3.27. The van der Waals surface area contributed by atoms with Gasteiger partial charge in [0.25, 0.3) is 5.91 Å². The predicted octanol–water partition coefficient (Wildman–Crippen LogP) is 2.53. The molecule has 0 spiro atoms. The number of rotatable bonds is 4. The highest BCUT2D eigenvalue weighted by molar-refractivity contribution is 5.98. The van der Waals surface area contributed by atoms with Crippen LogP contribution in [0.15, 0.2) is 24.8 Å². The Morgan fingerprint density at radius 3 is 2.55 bits per heavy atom. The number of hydrogen-bond acceptors (Lipinski definition) is 3. The van der Waals surface area contributed by atoms with Crippen LogP contribution in [0.3, 0.4) is 0 Å². The molecule has 1 aliphatic rings. The van der Waals surface area contributed by atoms with Gasteiger partial charge in [-0.15, -0.1) is 13.2 Å². The minimum Gasteiger partial charge on any atom is -0.480 e. The number of carboxylic acids is 1. The summed E-state index contributed by atoms with van der Waals surface area (Å²) >= 11 is 0. The Bertz CT molecular complexity index is 627. The number of hydrogen-bond donors (Lipinski definition) is 1. The van der Waals surface area contributed by atoms with E-state index in [0.717, 1.165) is 11.0 Å². The lowest BCUT2D eigenvalue weighted by Crippen LogP contribution is -2.55. The zero-order valence-electron chi connectivity index (χ0n) is 11.3. The summed E-state index contributed by atoms with van der Waals surface area (Å²) in [4.78, 5) is 24.1. The number of aliphatic carboxylic acids is 1. The van der Waals surface area contributed by atoms with E-state index in [1.165, 1.54) is 18.2 Å². The molecular formula is C14H12F3NO4. The molecule has 0 aliphatic carbocycles. The maximum atomic E-state index is 12.4. The third kappa shape index (κ3) is 3.21. The van der Waals surface area contributed by atoms with E-state index in [1.54, 1.807) is 0 Å².